The van der Waals surface area contributed by atoms with E-state index in [1.165, 1.54) is 24.3 Å². The molecule has 0 bridgehead atoms. The van der Waals surface area contributed by atoms with Gasteiger partial charge in [0, 0.05) is 11.2 Å². The summed E-state index contributed by atoms with van der Waals surface area (Å²) < 4.78 is 13.1. The molecule has 0 aliphatic heterocycles. The van der Waals surface area contributed by atoms with E-state index >= 15 is 0 Å². The van der Waals surface area contributed by atoms with Crippen LogP contribution in [0.15, 0.2) is 54.6 Å². The van der Waals surface area contributed by atoms with Crippen molar-refractivity contribution in [3.63, 3.8) is 0 Å². The number of benzene rings is 2. The van der Waals surface area contributed by atoms with Crippen LogP contribution in [0.25, 0.3) is 0 Å². The highest BCUT2D eigenvalue weighted by molar-refractivity contribution is 5.96. The lowest BCUT2D eigenvalue weighted by Crippen LogP contribution is -2.47. The van der Waals surface area contributed by atoms with Crippen LogP contribution < -0.4 is 10.6 Å². The molecule has 0 heterocycles. The summed E-state index contributed by atoms with van der Waals surface area (Å²) >= 11 is 0. The van der Waals surface area contributed by atoms with Crippen molar-refractivity contribution >= 4 is 17.5 Å². The van der Waals surface area contributed by atoms with Crippen LogP contribution in [-0.2, 0) is 9.59 Å². The predicted molar refractivity (Wildman–Crippen MR) is 105 cm³/mol. The monoisotopic (exact) mass is 371 g/mol. The first-order valence-corrected chi connectivity index (χ1v) is 8.78. The Hall–Kier alpha value is -2.73. The molecular formula is C21H26FN3O2. The van der Waals surface area contributed by atoms with Gasteiger partial charge in [-0.1, -0.05) is 30.3 Å². The molecule has 2 amide bonds. The molecule has 0 saturated heterocycles. The molecular weight excluding hydrogens is 345 g/mol. The summed E-state index contributed by atoms with van der Waals surface area (Å²) in [5, 5.41) is 5.69. The summed E-state index contributed by atoms with van der Waals surface area (Å²) in [6.07, 6.45) is 0. The Morgan fingerprint density at radius 2 is 1.63 bits per heavy atom. The molecule has 6 heteroatoms. The van der Waals surface area contributed by atoms with E-state index in [1.807, 2.05) is 51.1 Å². The zero-order valence-corrected chi connectivity index (χ0v) is 16.1. The van der Waals surface area contributed by atoms with Gasteiger partial charge in [0.25, 0.3) is 0 Å². The van der Waals surface area contributed by atoms with Crippen LogP contribution in [0.2, 0.25) is 0 Å². The normalized spacial score (nSPS) is 12.5. The van der Waals surface area contributed by atoms with Crippen molar-refractivity contribution in [2.24, 2.45) is 0 Å². The minimum Gasteiger partial charge on any atom is -0.350 e. The molecule has 0 aromatic heterocycles. The number of halogens is 1. The Morgan fingerprint density at radius 3 is 2.19 bits per heavy atom. The summed E-state index contributed by atoms with van der Waals surface area (Å²) in [5.74, 6) is -0.831. The molecule has 0 aliphatic rings. The first kappa shape index (κ1) is 20.6. The van der Waals surface area contributed by atoms with E-state index < -0.39 is 6.04 Å². The quantitative estimate of drug-likeness (QED) is 0.819. The predicted octanol–water partition coefficient (Wildman–Crippen LogP) is 3.35. The third-order valence-corrected chi connectivity index (χ3v) is 3.82. The van der Waals surface area contributed by atoms with Crippen molar-refractivity contribution in [2.75, 3.05) is 18.9 Å². The average molecular weight is 371 g/mol. The van der Waals surface area contributed by atoms with E-state index in [9.17, 15) is 14.0 Å². The minimum absolute atomic E-state index is 0.0632. The van der Waals surface area contributed by atoms with Gasteiger partial charge in [-0.2, -0.15) is 0 Å². The third-order valence-electron chi connectivity index (χ3n) is 3.82. The second-order valence-corrected chi connectivity index (χ2v) is 7.52. The molecule has 0 spiro atoms. The van der Waals surface area contributed by atoms with Crippen LogP contribution in [0.1, 0.15) is 32.4 Å². The molecule has 1 atom stereocenters. The van der Waals surface area contributed by atoms with E-state index in [2.05, 4.69) is 10.6 Å². The van der Waals surface area contributed by atoms with Crippen LogP contribution in [0.4, 0.5) is 10.1 Å². The van der Waals surface area contributed by atoms with E-state index in [0.717, 1.165) is 5.56 Å². The van der Waals surface area contributed by atoms with Crippen molar-refractivity contribution in [3.05, 3.63) is 66.0 Å². The van der Waals surface area contributed by atoms with Gasteiger partial charge in [0.15, 0.2) is 0 Å². The van der Waals surface area contributed by atoms with Gasteiger partial charge in [-0.3, -0.25) is 14.5 Å². The first-order valence-electron chi connectivity index (χ1n) is 8.78. The van der Waals surface area contributed by atoms with Gasteiger partial charge in [0.1, 0.15) is 11.9 Å². The van der Waals surface area contributed by atoms with Gasteiger partial charge in [0.05, 0.1) is 6.54 Å². The molecule has 27 heavy (non-hydrogen) atoms. The fourth-order valence-corrected chi connectivity index (χ4v) is 2.76. The zero-order valence-electron chi connectivity index (χ0n) is 16.1. The van der Waals surface area contributed by atoms with E-state index in [1.54, 1.807) is 11.9 Å². The van der Waals surface area contributed by atoms with Gasteiger partial charge in [-0.05, 0) is 57.6 Å². The number of hydrogen-bond donors (Lipinski definition) is 2. The second-order valence-electron chi connectivity index (χ2n) is 7.52. The number of carbonyl (C=O) groups excluding carboxylic acids is 2. The highest BCUT2D eigenvalue weighted by Gasteiger charge is 2.27. The number of rotatable bonds is 6. The van der Waals surface area contributed by atoms with E-state index in [0.29, 0.717) is 5.69 Å². The van der Waals surface area contributed by atoms with Crippen molar-refractivity contribution in [2.45, 2.75) is 32.4 Å². The Morgan fingerprint density at radius 1 is 1.04 bits per heavy atom. The van der Waals surface area contributed by atoms with Crippen molar-refractivity contribution in [1.82, 2.24) is 10.2 Å². The molecule has 144 valence electrons. The van der Waals surface area contributed by atoms with Crippen molar-refractivity contribution in [3.8, 4) is 0 Å². The Balaban J connectivity index is 2.19. The summed E-state index contributed by atoms with van der Waals surface area (Å²) in [6, 6.07) is 14.1. The summed E-state index contributed by atoms with van der Waals surface area (Å²) in [7, 11) is 1.73. The third kappa shape index (κ3) is 6.49. The van der Waals surface area contributed by atoms with Crippen LogP contribution in [0.5, 0.6) is 0 Å². The first-order chi connectivity index (χ1) is 12.7. The average Bonchev–Trinajstić information content (AvgIpc) is 2.56. The molecule has 0 saturated carbocycles. The number of anilines is 1. The number of amides is 2. The molecule has 2 N–H and O–H groups in total. The Labute approximate surface area is 159 Å². The summed E-state index contributed by atoms with van der Waals surface area (Å²) in [4.78, 5) is 26.9. The van der Waals surface area contributed by atoms with Gasteiger partial charge in [-0.15, -0.1) is 0 Å². The number of likely N-dealkylation sites (N-methyl/N-ethyl adjacent to an activating group) is 1. The van der Waals surface area contributed by atoms with Crippen LogP contribution in [0.3, 0.4) is 0 Å². The topological polar surface area (TPSA) is 61.4 Å². The zero-order chi connectivity index (χ0) is 20.0. The lowest BCUT2D eigenvalue weighted by molar-refractivity contribution is -0.126. The standard InChI is InChI=1S/C21H26FN3O2/c1-21(2,3)24-18(26)14-25(4)19(15-8-6-5-7-9-15)20(27)23-17-12-10-16(22)11-13-17/h5-13,19H,14H2,1-4H3,(H,23,27)(H,24,26)/t19-/m1/s1. The molecule has 0 aliphatic carbocycles. The molecule has 0 fully saturated rings. The highest BCUT2D eigenvalue weighted by Crippen LogP contribution is 2.22. The van der Waals surface area contributed by atoms with Gasteiger partial charge in [-0.25, -0.2) is 4.39 Å². The van der Waals surface area contributed by atoms with Crippen LogP contribution >= 0.6 is 0 Å². The second kappa shape index (κ2) is 8.77. The lowest BCUT2D eigenvalue weighted by Gasteiger charge is -2.29. The molecule has 0 radical (unpaired) electrons. The van der Waals surface area contributed by atoms with Gasteiger partial charge >= 0.3 is 0 Å². The Kier molecular flexibility index (Phi) is 6.69. The largest absolute Gasteiger partial charge is 0.350 e. The fourth-order valence-electron chi connectivity index (χ4n) is 2.76. The molecule has 2 aromatic carbocycles. The van der Waals surface area contributed by atoms with E-state index in [4.69, 9.17) is 0 Å². The molecule has 0 unspecified atom stereocenters. The highest BCUT2D eigenvalue weighted by atomic mass is 19.1. The Bertz CT molecular complexity index is 770. The SMILES string of the molecule is CN(CC(=O)NC(C)(C)C)[C@@H](C(=O)Nc1ccc(F)cc1)c1ccccc1. The number of nitrogens with one attached hydrogen (secondary N) is 2. The van der Waals surface area contributed by atoms with Crippen molar-refractivity contribution in [1.29, 1.82) is 0 Å². The molecule has 5 nitrogen and oxygen atoms in total. The number of hydrogen-bond acceptors (Lipinski definition) is 3. The maximum atomic E-state index is 13.1. The summed E-state index contributed by atoms with van der Waals surface area (Å²) in [5.41, 5.74) is 0.911. The van der Waals surface area contributed by atoms with Crippen LogP contribution in [-0.4, -0.2) is 35.8 Å². The van der Waals surface area contributed by atoms with E-state index in [-0.39, 0.29) is 29.7 Å². The van der Waals surface area contributed by atoms with Crippen molar-refractivity contribution < 1.29 is 14.0 Å². The number of carbonyl (C=O) groups is 2. The van der Waals surface area contributed by atoms with Gasteiger partial charge < -0.3 is 10.6 Å². The maximum absolute atomic E-state index is 13.1. The maximum Gasteiger partial charge on any atom is 0.246 e. The minimum atomic E-state index is -0.665. The summed E-state index contributed by atoms with van der Waals surface area (Å²) in [6.45, 7) is 5.77. The van der Waals surface area contributed by atoms with Crippen LogP contribution in [0, 0.1) is 5.82 Å². The molecule has 2 rings (SSSR count). The smallest absolute Gasteiger partial charge is 0.246 e. The molecule has 2 aromatic rings. The fraction of sp³-hybridized carbons (Fsp3) is 0.333. The lowest BCUT2D eigenvalue weighted by atomic mass is 10.0. The van der Waals surface area contributed by atoms with Gasteiger partial charge in [0.2, 0.25) is 11.8 Å². The number of nitrogens with zero attached hydrogens (tertiary/aromatic N) is 1.